The van der Waals surface area contributed by atoms with Crippen molar-refractivity contribution in [2.24, 2.45) is 0 Å². The molecule has 5 heteroatoms. The average Bonchev–Trinajstić information content (AvgIpc) is 2.90. The third-order valence-corrected chi connectivity index (χ3v) is 4.80. The minimum atomic E-state index is -0.224. The van der Waals surface area contributed by atoms with Crippen LogP contribution in [0.4, 0.5) is 4.39 Å². The Labute approximate surface area is 121 Å². The Morgan fingerprint density at radius 1 is 1.35 bits per heavy atom. The van der Waals surface area contributed by atoms with Gasteiger partial charge in [-0.3, -0.25) is 0 Å². The van der Waals surface area contributed by atoms with Crippen molar-refractivity contribution < 1.29 is 9.50 Å². The number of aromatic nitrogens is 1. The Kier molecular flexibility index (Phi) is 4.10. The Balaban J connectivity index is 1.88. The van der Waals surface area contributed by atoms with Gasteiger partial charge in [0.2, 0.25) is 0 Å². The summed E-state index contributed by atoms with van der Waals surface area (Å²) >= 11 is 1.68. The number of hydrogen-bond donors (Lipinski definition) is 2. The molecule has 2 aromatic rings. The van der Waals surface area contributed by atoms with Crippen molar-refractivity contribution >= 4 is 11.3 Å². The van der Waals surface area contributed by atoms with E-state index in [0.29, 0.717) is 6.54 Å². The first-order chi connectivity index (χ1) is 9.78. The number of thiazole rings is 1. The first kappa shape index (κ1) is 13.7. The van der Waals surface area contributed by atoms with Crippen molar-refractivity contribution in [3.63, 3.8) is 0 Å². The molecule has 106 valence electrons. The lowest BCUT2D eigenvalue weighted by atomic mass is 9.98. The van der Waals surface area contributed by atoms with Crippen LogP contribution < -0.4 is 5.32 Å². The summed E-state index contributed by atoms with van der Waals surface area (Å²) in [7, 11) is 0. The Bertz CT molecular complexity index is 582. The highest BCUT2D eigenvalue weighted by molar-refractivity contribution is 7.15. The molecular formula is C15H17FN2OS. The fourth-order valence-electron chi connectivity index (χ4n) is 2.57. The second kappa shape index (κ2) is 5.99. The van der Waals surface area contributed by atoms with Gasteiger partial charge in [-0.15, -0.1) is 11.3 Å². The molecule has 0 saturated heterocycles. The van der Waals surface area contributed by atoms with Crippen LogP contribution in [0.5, 0.6) is 0 Å². The monoisotopic (exact) mass is 292 g/mol. The minimum Gasteiger partial charge on any atom is -0.395 e. The van der Waals surface area contributed by atoms with E-state index in [4.69, 9.17) is 10.1 Å². The molecule has 0 radical (unpaired) electrons. The Morgan fingerprint density at radius 2 is 2.15 bits per heavy atom. The van der Waals surface area contributed by atoms with Crippen LogP contribution in [0.3, 0.4) is 0 Å². The lowest BCUT2D eigenvalue weighted by molar-refractivity contribution is 0.281. The van der Waals surface area contributed by atoms with Crippen molar-refractivity contribution in [1.29, 1.82) is 0 Å². The van der Waals surface area contributed by atoms with E-state index >= 15 is 0 Å². The maximum Gasteiger partial charge on any atom is 0.123 e. The summed E-state index contributed by atoms with van der Waals surface area (Å²) in [5.41, 5.74) is 2.11. The Hall–Kier alpha value is -1.30. The lowest BCUT2D eigenvalue weighted by Crippen LogP contribution is -2.26. The smallest absolute Gasteiger partial charge is 0.123 e. The van der Waals surface area contributed by atoms with Crippen LogP contribution >= 0.6 is 11.3 Å². The van der Waals surface area contributed by atoms with E-state index in [-0.39, 0.29) is 18.5 Å². The Morgan fingerprint density at radius 3 is 2.90 bits per heavy atom. The molecule has 0 fully saturated rings. The van der Waals surface area contributed by atoms with Crippen LogP contribution in [0, 0.1) is 5.82 Å². The number of aliphatic hydroxyl groups is 1. The summed E-state index contributed by atoms with van der Waals surface area (Å²) in [6.07, 6.45) is 3.20. The summed E-state index contributed by atoms with van der Waals surface area (Å²) in [6.45, 7) is 0.753. The number of nitrogens with zero attached hydrogens (tertiary/aromatic N) is 1. The molecule has 1 aromatic carbocycles. The first-order valence-corrected chi connectivity index (χ1v) is 7.69. The number of aryl methyl sites for hydroxylation is 1. The van der Waals surface area contributed by atoms with E-state index in [1.807, 2.05) is 0 Å². The highest BCUT2D eigenvalue weighted by atomic mass is 32.1. The lowest BCUT2D eigenvalue weighted by Gasteiger charge is -2.21. The fourth-order valence-corrected chi connectivity index (χ4v) is 3.80. The van der Waals surface area contributed by atoms with E-state index in [9.17, 15) is 4.39 Å². The molecule has 1 aliphatic rings. The van der Waals surface area contributed by atoms with Gasteiger partial charge in [-0.25, -0.2) is 9.37 Å². The normalized spacial score (nSPS) is 18.0. The summed E-state index contributed by atoms with van der Waals surface area (Å²) in [5, 5.41) is 13.3. The van der Waals surface area contributed by atoms with Gasteiger partial charge in [0, 0.05) is 23.0 Å². The number of benzene rings is 1. The molecular weight excluding hydrogens is 275 g/mol. The molecule has 1 atom stereocenters. The zero-order valence-corrected chi connectivity index (χ0v) is 11.9. The number of hydrogen-bond acceptors (Lipinski definition) is 4. The molecule has 0 amide bonds. The zero-order valence-electron chi connectivity index (χ0n) is 11.1. The molecule has 0 bridgehead atoms. The minimum absolute atomic E-state index is 0.148. The van der Waals surface area contributed by atoms with Gasteiger partial charge in [0.05, 0.1) is 12.3 Å². The highest BCUT2D eigenvalue weighted by Gasteiger charge is 2.24. The molecule has 2 N–H and O–H groups in total. The number of rotatable bonds is 4. The van der Waals surface area contributed by atoms with Crippen LogP contribution in [0.25, 0.3) is 10.6 Å². The van der Waals surface area contributed by atoms with Crippen molar-refractivity contribution in [3.05, 3.63) is 40.7 Å². The maximum atomic E-state index is 13.0. The van der Waals surface area contributed by atoms with Crippen LogP contribution in [-0.4, -0.2) is 23.2 Å². The van der Waals surface area contributed by atoms with Gasteiger partial charge in [-0.05, 0) is 43.5 Å². The van der Waals surface area contributed by atoms with E-state index in [1.165, 1.54) is 17.0 Å². The third-order valence-electron chi connectivity index (χ3n) is 3.54. The van der Waals surface area contributed by atoms with Crippen molar-refractivity contribution in [3.8, 4) is 10.6 Å². The van der Waals surface area contributed by atoms with Gasteiger partial charge in [0.1, 0.15) is 10.8 Å². The molecule has 1 aromatic heterocycles. The molecule has 1 aliphatic carbocycles. The zero-order chi connectivity index (χ0) is 13.9. The molecule has 20 heavy (non-hydrogen) atoms. The maximum absolute atomic E-state index is 13.0. The average molecular weight is 292 g/mol. The SMILES string of the molecule is OCCNC1CCCc2nc(-c3ccc(F)cc3)sc21. The molecule has 0 spiro atoms. The van der Waals surface area contributed by atoms with Gasteiger partial charge >= 0.3 is 0 Å². The standard InChI is InChI=1S/C15H17FN2OS/c16-11-6-4-10(5-7-11)15-18-13-3-1-2-12(14(13)20-15)17-8-9-19/h4-7,12,17,19H,1-3,8-9H2. The molecule has 0 aliphatic heterocycles. The summed E-state index contributed by atoms with van der Waals surface area (Å²) in [4.78, 5) is 5.97. The largest absolute Gasteiger partial charge is 0.395 e. The number of halogens is 1. The third kappa shape index (κ3) is 2.75. The van der Waals surface area contributed by atoms with Gasteiger partial charge in [0.25, 0.3) is 0 Å². The van der Waals surface area contributed by atoms with E-state index in [2.05, 4.69) is 5.32 Å². The topological polar surface area (TPSA) is 45.1 Å². The van der Waals surface area contributed by atoms with Crippen LogP contribution in [0.2, 0.25) is 0 Å². The van der Waals surface area contributed by atoms with E-state index in [0.717, 1.165) is 35.5 Å². The quantitative estimate of drug-likeness (QED) is 0.911. The molecule has 0 saturated carbocycles. The van der Waals surface area contributed by atoms with Gasteiger partial charge in [-0.2, -0.15) is 0 Å². The highest BCUT2D eigenvalue weighted by Crippen LogP contribution is 2.37. The van der Waals surface area contributed by atoms with E-state index < -0.39 is 0 Å². The molecule has 1 heterocycles. The second-order valence-corrected chi connectivity index (χ2v) is 5.99. The van der Waals surface area contributed by atoms with Gasteiger partial charge in [0.15, 0.2) is 0 Å². The fraction of sp³-hybridized carbons (Fsp3) is 0.400. The predicted molar refractivity (Wildman–Crippen MR) is 78.3 cm³/mol. The van der Waals surface area contributed by atoms with Crippen LogP contribution in [0.15, 0.2) is 24.3 Å². The second-order valence-electron chi connectivity index (χ2n) is 4.96. The molecule has 3 rings (SSSR count). The molecule has 3 nitrogen and oxygen atoms in total. The summed E-state index contributed by atoms with van der Waals surface area (Å²) in [6, 6.07) is 6.78. The number of fused-ring (bicyclic) bond motifs is 1. The molecule has 1 unspecified atom stereocenters. The first-order valence-electron chi connectivity index (χ1n) is 6.87. The predicted octanol–water partition coefficient (Wildman–Crippen LogP) is 2.91. The van der Waals surface area contributed by atoms with Crippen LogP contribution in [0.1, 0.15) is 29.5 Å². The number of aliphatic hydroxyl groups excluding tert-OH is 1. The van der Waals surface area contributed by atoms with Crippen molar-refractivity contribution in [2.75, 3.05) is 13.2 Å². The van der Waals surface area contributed by atoms with E-state index in [1.54, 1.807) is 23.5 Å². The van der Waals surface area contributed by atoms with Gasteiger partial charge < -0.3 is 10.4 Å². The van der Waals surface area contributed by atoms with Crippen molar-refractivity contribution in [2.45, 2.75) is 25.3 Å². The van der Waals surface area contributed by atoms with Crippen LogP contribution in [-0.2, 0) is 6.42 Å². The summed E-state index contributed by atoms with van der Waals surface area (Å²) < 4.78 is 13.0. The summed E-state index contributed by atoms with van der Waals surface area (Å²) in [5.74, 6) is -0.224. The van der Waals surface area contributed by atoms with Crippen molar-refractivity contribution in [1.82, 2.24) is 10.3 Å². The van der Waals surface area contributed by atoms with Gasteiger partial charge in [-0.1, -0.05) is 0 Å². The number of nitrogens with one attached hydrogen (secondary N) is 1.